The van der Waals surface area contributed by atoms with E-state index in [0.717, 1.165) is 0 Å². The monoisotopic (exact) mass is 404 g/mol. The highest BCUT2D eigenvalue weighted by Crippen LogP contribution is 2.27. The van der Waals surface area contributed by atoms with Gasteiger partial charge in [0.15, 0.2) is 19.7 Å². The average molecular weight is 405 g/mol. The molecule has 26 heavy (non-hydrogen) atoms. The van der Waals surface area contributed by atoms with Crippen LogP contribution in [-0.2, 0) is 19.7 Å². The van der Waals surface area contributed by atoms with E-state index >= 15 is 0 Å². The first-order chi connectivity index (χ1) is 12.0. The van der Waals surface area contributed by atoms with Crippen molar-refractivity contribution in [2.24, 2.45) is 0 Å². The minimum Gasteiger partial charge on any atom is -0.491 e. The summed E-state index contributed by atoms with van der Waals surface area (Å²) in [5, 5.41) is 2.13. The van der Waals surface area contributed by atoms with Gasteiger partial charge in [-0.3, -0.25) is 0 Å². The summed E-state index contributed by atoms with van der Waals surface area (Å²) in [6.45, 7) is 5.00. The van der Waals surface area contributed by atoms with Gasteiger partial charge < -0.3 is 15.0 Å². The Kier molecular flexibility index (Phi) is 6.70. The van der Waals surface area contributed by atoms with Crippen LogP contribution < -0.4 is 10.1 Å². The van der Waals surface area contributed by atoms with Gasteiger partial charge in [0.05, 0.1) is 27.8 Å². The third kappa shape index (κ3) is 5.42. The number of rotatable bonds is 8. The van der Waals surface area contributed by atoms with E-state index in [1.165, 1.54) is 12.1 Å². The number of likely N-dealkylation sites (N-methyl/N-ethyl adjacent to an activating group) is 1. The van der Waals surface area contributed by atoms with Gasteiger partial charge in [-0.25, -0.2) is 16.8 Å². The first-order valence-corrected chi connectivity index (χ1v) is 12.0. The number of nitrogens with zero attached hydrogens (tertiary/aromatic N) is 1. The normalized spacial score (nSPS) is 22.8. The van der Waals surface area contributed by atoms with E-state index in [0.29, 0.717) is 18.8 Å². The molecule has 1 aliphatic rings. The molecular weight excluding hydrogens is 376 g/mol. The van der Waals surface area contributed by atoms with Crippen molar-refractivity contribution in [1.29, 1.82) is 0 Å². The molecule has 0 bridgehead atoms. The van der Waals surface area contributed by atoms with Crippen LogP contribution in [0.4, 0.5) is 0 Å². The van der Waals surface area contributed by atoms with E-state index in [4.69, 9.17) is 4.74 Å². The van der Waals surface area contributed by atoms with Gasteiger partial charge in [0.25, 0.3) is 0 Å². The smallest absolute Gasteiger partial charge is 0.183 e. The van der Waals surface area contributed by atoms with E-state index in [-0.39, 0.29) is 22.5 Å². The van der Waals surface area contributed by atoms with Crippen molar-refractivity contribution in [2.75, 3.05) is 38.7 Å². The molecule has 0 aromatic heterocycles. The third-order valence-electron chi connectivity index (χ3n) is 4.19. The summed E-state index contributed by atoms with van der Waals surface area (Å²) < 4.78 is 55.7. The molecule has 1 saturated heterocycles. The molecule has 1 heterocycles. The summed E-state index contributed by atoms with van der Waals surface area (Å²) in [6.07, 6.45) is -0.0114. The van der Waals surface area contributed by atoms with Crippen LogP contribution in [0.3, 0.4) is 0 Å². The summed E-state index contributed by atoms with van der Waals surface area (Å²) >= 11 is 0. The third-order valence-corrected chi connectivity index (χ3v) is 8.36. The predicted molar refractivity (Wildman–Crippen MR) is 102 cm³/mol. The summed E-state index contributed by atoms with van der Waals surface area (Å²) in [5.41, 5.74) is 0. The molecule has 0 radical (unpaired) electrons. The maximum Gasteiger partial charge on any atom is 0.183 e. The Labute approximate surface area is 156 Å². The van der Waals surface area contributed by atoms with Crippen molar-refractivity contribution in [1.82, 2.24) is 10.2 Å². The van der Waals surface area contributed by atoms with Crippen LogP contribution in [0.25, 0.3) is 0 Å². The summed E-state index contributed by atoms with van der Waals surface area (Å²) in [7, 11) is -3.35. The number of nitrogens with one attached hydrogen (secondary N) is 1. The Morgan fingerprint density at radius 3 is 2.35 bits per heavy atom. The molecule has 0 spiro atoms. The molecule has 2 atom stereocenters. The van der Waals surface area contributed by atoms with Crippen LogP contribution in [-0.4, -0.2) is 77.8 Å². The Bertz CT molecular complexity index is 802. The van der Waals surface area contributed by atoms with Gasteiger partial charge in [0, 0.05) is 19.1 Å². The molecule has 0 amide bonds. The highest BCUT2D eigenvalue weighted by Gasteiger charge is 2.45. The highest BCUT2D eigenvalue weighted by atomic mass is 32.2. The molecule has 0 aliphatic carbocycles. The maximum absolute atomic E-state index is 13.0. The number of hydrogen-bond donors (Lipinski definition) is 1. The Hall–Kier alpha value is -1.16. The second kappa shape index (κ2) is 8.24. The minimum absolute atomic E-state index is 0.0114. The zero-order chi connectivity index (χ0) is 19.5. The zero-order valence-electron chi connectivity index (χ0n) is 15.7. The minimum atomic E-state index is -3.77. The quantitative estimate of drug-likeness (QED) is 0.677. The molecule has 148 valence electrons. The topological polar surface area (TPSA) is 92.8 Å². The number of sulfone groups is 2. The predicted octanol–water partition coefficient (Wildman–Crippen LogP) is 0.564. The van der Waals surface area contributed by atoms with E-state index in [1.54, 1.807) is 12.1 Å². The van der Waals surface area contributed by atoms with Gasteiger partial charge in [0.2, 0.25) is 0 Å². The summed E-state index contributed by atoms with van der Waals surface area (Å²) in [5.74, 6) is 0.0802. The fourth-order valence-corrected chi connectivity index (χ4v) is 7.66. The molecular formula is C17H28N2O5S2. The van der Waals surface area contributed by atoms with Crippen LogP contribution in [0.15, 0.2) is 29.2 Å². The largest absolute Gasteiger partial charge is 0.491 e. The van der Waals surface area contributed by atoms with Crippen LogP contribution >= 0.6 is 0 Å². The molecule has 1 aromatic rings. The fourth-order valence-electron chi connectivity index (χ4n) is 2.94. The van der Waals surface area contributed by atoms with Gasteiger partial charge in [-0.15, -0.1) is 0 Å². The average Bonchev–Trinajstić information content (AvgIpc) is 2.82. The number of ether oxygens (including phenoxy) is 1. The Morgan fingerprint density at radius 2 is 1.81 bits per heavy atom. The van der Waals surface area contributed by atoms with Gasteiger partial charge in [-0.05, 0) is 52.2 Å². The Morgan fingerprint density at radius 1 is 1.19 bits per heavy atom. The summed E-state index contributed by atoms with van der Waals surface area (Å²) in [4.78, 5) is 2.07. The van der Waals surface area contributed by atoms with Crippen molar-refractivity contribution in [3.63, 3.8) is 0 Å². The van der Waals surface area contributed by atoms with Gasteiger partial charge in [-0.1, -0.05) is 0 Å². The van der Waals surface area contributed by atoms with Crippen LogP contribution in [0.2, 0.25) is 0 Å². The van der Waals surface area contributed by atoms with Crippen LogP contribution in [0.1, 0.15) is 13.8 Å². The maximum atomic E-state index is 13.0. The lowest BCUT2D eigenvalue weighted by atomic mass is 10.2. The van der Waals surface area contributed by atoms with Gasteiger partial charge in [-0.2, -0.15) is 0 Å². The van der Waals surface area contributed by atoms with Crippen LogP contribution in [0, 0.1) is 0 Å². The fraction of sp³-hybridized carbons (Fsp3) is 0.647. The van der Waals surface area contributed by atoms with E-state index < -0.39 is 31.0 Å². The van der Waals surface area contributed by atoms with E-state index in [9.17, 15) is 16.8 Å². The first-order valence-electron chi connectivity index (χ1n) is 8.60. The van der Waals surface area contributed by atoms with E-state index in [2.05, 4.69) is 5.32 Å². The molecule has 7 nitrogen and oxygen atoms in total. The molecule has 1 aromatic carbocycles. The van der Waals surface area contributed by atoms with Crippen molar-refractivity contribution in [3.8, 4) is 5.75 Å². The molecule has 2 unspecified atom stereocenters. The van der Waals surface area contributed by atoms with Gasteiger partial charge in [0.1, 0.15) is 5.75 Å². The molecule has 1 aliphatic heterocycles. The zero-order valence-corrected chi connectivity index (χ0v) is 17.3. The lowest BCUT2D eigenvalue weighted by Crippen LogP contribution is -2.45. The second-order valence-corrected chi connectivity index (χ2v) is 11.5. The van der Waals surface area contributed by atoms with Crippen molar-refractivity contribution in [2.45, 2.75) is 36.1 Å². The molecule has 9 heteroatoms. The summed E-state index contributed by atoms with van der Waals surface area (Å²) in [6, 6.07) is 5.57. The van der Waals surface area contributed by atoms with Gasteiger partial charge >= 0.3 is 0 Å². The molecule has 1 N–H and O–H groups in total. The van der Waals surface area contributed by atoms with Crippen molar-refractivity contribution < 1.29 is 21.6 Å². The molecule has 1 fully saturated rings. The van der Waals surface area contributed by atoms with E-state index in [1.807, 2.05) is 32.8 Å². The molecule has 2 rings (SSSR count). The highest BCUT2D eigenvalue weighted by molar-refractivity contribution is 7.96. The standard InChI is InChI=1S/C17H28N2O5S2/c1-13(2)24-14-5-7-15(8-6-14)26(22,23)17-12-25(20,21)11-16(17)18-9-10-19(3)4/h5-8,13,16-18H,9-12H2,1-4H3. The number of benzene rings is 1. The lowest BCUT2D eigenvalue weighted by Gasteiger charge is -2.21. The first kappa shape index (κ1) is 21.1. The second-order valence-electron chi connectivity index (χ2n) is 7.16. The SMILES string of the molecule is CC(C)Oc1ccc(S(=O)(=O)C2CS(=O)(=O)CC2NCCN(C)C)cc1. The van der Waals surface area contributed by atoms with Crippen LogP contribution in [0.5, 0.6) is 5.75 Å². The Balaban J connectivity index is 2.21. The number of hydrogen-bond acceptors (Lipinski definition) is 7. The van der Waals surface area contributed by atoms with Crippen molar-refractivity contribution in [3.05, 3.63) is 24.3 Å². The lowest BCUT2D eigenvalue weighted by molar-refractivity contribution is 0.242. The van der Waals surface area contributed by atoms with Crippen molar-refractivity contribution >= 4 is 19.7 Å². The molecule has 0 saturated carbocycles.